The number of hydrogen-bond donors (Lipinski definition) is 1. The molecule has 1 N–H and O–H groups in total. The number of nitrogens with zero attached hydrogens (tertiary/aromatic N) is 1. The van der Waals surface area contributed by atoms with Gasteiger partial charge in [-0.1, -0.05) is 11.6 Å². The van der Waals surface area contributed by atoms with Gasteiger partial charge < -0.3 is 10.1 Å². The predicted molar refractivity (Wildman–Crippen MR) is 98.3 cm³/mol. The number of sulfonamides is 1. The number of methoxy groups -OCH3 is 1. The molecule has 132 valence electrons. The van der Waals surface area contributed by atoms with E-state index in [0.717, 1.165) is 5.56 Å². The Hall–Kier alpha value is -2.25. The summed E-state index contributed by atoms with van der Waals surface area (Å²) < 4.78 is 30.0. The molecule has 6 nitrogen and oxygen atoms in total. The Kier molecular flexibility index (Phi) is 4.62. The first-order valence-corrected chi connectivity index (χ1v) is 9.78. The molecular formula is C17H17ClN2O4S. The van der Waals surface area contributed by atoms with Crippen molar-refractivity contribution in [2.24, 2.45) is 0 Å². The molecule has 1 aliphatic rings. The lowest BCUT2D eigenvalue weighted by Gasteiger charge is -2.16. The van der Waals surface area contributed by atoms with Crippen LogP contribution in [-0.2, 0) is 16.4 Å². The summed E-state index contributed by atoms with van der Waals surface area (Å²) in [6, 6.07) is 9.98. The van der Waals surface area contributed by atoms with Crippen molar-refractivity contribution in [3.8, 4) is 5.75 Å². The van der Waals surface area contributed by atoms with Gasteiger partial charge in [0.25, 0.3) is 5.91 Å². The number of carbonyl (C=O) groups is 1. The molecule has 0 bridgehead atoms. The summed E-state index contributed by atoms with van der Waals surface area (Å²) in [7, 11) is -1.79. The van der Waals surface area contributed by atoms with E-state index < -0.39 is 10.0 Å². The Morgan fingerprint density at radius 2 is 2.00 bits per heavy atom. The normalized spacial score (nSPS) is 13.5. The van der Waals surface area contributed by atoms with Crippen LogP contribution < -0.4 is 14.4 Å². The molecule has 8 heteroatoms. The first-order valence-electron chi connectivity index (χ1n) is 7.55. The van der Waals surface area contributed by atoms with Crippen molar-refractivity contribution in [3.05, 3.63) is 52.5 Å². The van der Waals surface area contributed by atoms with E-state index in [1.165, 1.54) is 17.7 Å². The van der Waals surface area contributed by atoms with Crippen molar-refractivity contribution in [1.29, 1.82) is 0 Å². The maximum Gasteiger partial charge on any atom is 0.255 e. The van der Waals surface area contributed by atoms with Crippen LogP contribution in [0.4, 0.5) is 11.4 Å². The number of carbonyl (C=O) groups excluding carboxylic acids is 1. The van der Waals surface area contributed by atoms with Gasteiger partial charge in [0.15, 0.2) is 0 Å². The molecule has 0 radical (unpaired) electrons. The number of hydrogen-bond acceptors (Lipinski definition) is 4. The van der Waals surface area contributed by atoms with Crippen LogP contribution in [0.3, 0.4) is 0 Å². The number of amides is 1. The maximum absolute atomic E-state index is 12.4. The van der Waals surface area contributed by atoms with E-state index in [1.807, 2.05) is 0 Å². The smallest absolute Gasteiger partial charge is 0.255 e. The zero-order chi connectivity index (χ0) is 18.2. The second kappa shape index (κ2) is 6.57. The highest BCUT2D eigenvalue weighted by molar-refractivity contribution is 7.92. The van der Waals surface area contributed by atoms with E-state index in [2.05, 4.69) is 5.32 Å². The summed E-state index contributed by atoms with van der Waals surface area (Å²) in [6.07, 6.45) is 1.76. The van der Waals surface area contributed by atoms with Crippen LogP contribution in [0.25, 0.3) is 0 Å². The van der Waals surface area contributed by atoms with Crippen molar-refractivity contribution in [2.75, 3.05) is 29.5 Å². The first kappa shape index (κ1) is 17.6. The van der Waals surface area contributed by atoms with Gasteiger partial charge in [0.05, 0.1) is 24.1 Å². The highest BCUT2D eigenvalue weighted by atomic mass is 35.5. The Balaban J connectivity index is 1.81. The van der Waals surface area contributed by atoms with Gasteiger partial charge in [0, 0.05) is 17.8 Å². The van der Waals surface area contributed by atoms with Crippen molar-refractivity contribution < 1.29 is 17.9 Å². The molecule has 0 atom stereocenters. The van der Waals surface area contributed by atoms with Crippen molar-refractivity contribution in [1.82, 2.24) is 0 Å². The van der Waals surface area contributed by atoms with E-state index in [-0.39, 0.29) is 5.91 Å². The molecule has 0 aromatic heterocycles. The molecule has 0 aliphatic carbocycles. The number of nitrogens with one attached hydrogen (secondary N) is 1. The number of anilines is 2. The lowest BCUT2D eigenvalue weighted by Crippen LogP contribution is -2.27. The molecule has 0 fully saturated rings. The third-order valence-electron chi connectivity index (χ3n) is 4.00. The Morgan fingerprint density at radius 3 is 2.64 bits per heavy atom. The van der Waals surface area contributed by atoms with Gasteiger partial charge in [-0.2, -0.15) is 0 Å². The topological polar surface area (TPSA) is 75.7 Å². The fourth-order valence-corrected chi connectivity index (χ4v) is 4.02. The summed E-state index contributed by atoms with van der Waals surface area (Å²) in [5, 5.41) is 3.17. The molecule has 25 heavy (non-hydrogen) atoms. The summed E-state index contributed by atoms with van der Waals surface area (Å²) in [6.45, 7) is 0.396. The SMILES string of the molecule is COc1ccc(NC(=O)c2ccc3c(c2)CCN3S(C)(=O)=O)cc1Cl. The van der Waals surface area contributed by atoms with Gasteiger partial charge in [0.1, 0.15) is 5.75 Å². The molecule has 1 heterocycles. The summed E-state index contributed by atoms with van der Waals surface area (Å²) >= 11 is 6.06. The Labute approximate surface area is 151 Å². The molecule has 3 rings (SSSR count). The van der Waals surface area contributed by atoms with Crippen LogP contribution >= 0.6 is 11.6 Å². The van der Waals surface area contributed by atoms with Crippen LogP contribution in [0.5, 0.6) is 5.75 Å². The van der Waals surface area contributed by atoms with Crippen LogP contribution in [0.15, 0.2) is 36.4 Å². The fourth-order valence-electron chi connectivity index (χ4n) is 2.80. The molecule has 0 saturated heterocycles. The average Bonchev–Trinajstić information content (AvgIpc) is 2.98. The molecule has 1 aliphatic heterocycles. The lowest BCUT2D eigenvalue weighted by molar-refractivity contribution is 0.102. The van der Waals surface area contributed by atoms with Crippen molar-refractivity contribution in [3.63, 3.8) is 0 Å². The monoisotopic (exact) mass is 380 g/mol. The second-order valence-corrected chi connectivity index (χ2v) is 8.05. The highest BCUT2D eigenvalue weighted by Crippen LogP contribution is 2.31. The number of ether oxygens (including phenoxy) is 1. The molecule has 2 aromatic carbocycles. The second-order valence-electron chi connectivity index (χ2n) is 5.73. The van der Waals surface area contributed by atoms with Crippen LogP contribution in [-0.4, -0.2) is 34.2 Å². The van der Waals surface area contributed by atoms with E-state index in [0.29, 0.717) is 40.7 Å². The Bertz CT molecular complexity index is 944. The molecular weight excluding hydrogens is 364 g/mol. The quantitative estimate of drug-likeness (QED) is 0.884. The zero-order valence-corrected chi connectivity index (χ0v) is 15.3. The summed E-state index contributed by atoms with van der Waals surface area (Å²) in [5.74, 6) is 0.236. The van der Waals surface area contributed by atoms with Gasteiger partial charge in [-0.05, 0) is 48.4 Å². The average molecular weight is 381 g/mol. The van der Waals surface area contributed by atoms with E-state index in [9.17, 15) is 13.2 Å². The molecule has 2 aromatic rings. The third-order valence-corrected chi connectivity index (χ3v) is 5.48. The van der Waals surface area contributed by atoms with Crippen LogP contribution in [0, 0.1) is 0 Å². The fraction of sp³-hybridized carbons (Fsp3) is 0.235. The predicted octanol–water partition coefficient (Wildman–Crippen LogP) is 2.92. The summed E-state index contributed by atoms with van der Waals surface area (Å²) in [4.78, 5) is 12.4. The standard InChI is InChI=1S/C17H17ClN2O4S/c1-24-16-6-4-13(10-14(16)18)19-17(21)12-3-5-15-11(9-12)7-8-20(15)25(2,22)23/h3-6,9-10H,7-8H2,1-2H3,(H,19,21). The van der Waals surface area contributed by atoms with Crippen molar-refractivity contribution in [2.45, 2.75) is 6.42 Å². The van der Waals surface area contributed by atoms with Crippen LogP contribution in [0.2, 0.25) is 5.02 Å². The molecule has 0 unspecified atom stereocenters. The summed E-state index contributed by atoms with van der Waals surface area (Å²) in [5.41, 5.74) is 2.48. The van der Waals surface area contributed by atoms with Gasteiger partial charge in [-0.15, -0.1) is 0 Å². The minimum atomic E-state index is -3.30. The number of rotatable bonds is 4. The van der Waals surface area contributed by atoms with Gasteiger partial charge in [-0.25, -0.2) is 8.42 Å². The minimum Gasteiger partial charge on any atom is -0.495 e. The zero-order valence-electron chi connectivity index (χ0n) is 13.7. The van der Waals surface area contributed by atoms with E-state index in [1.54, 1.807) is 36.4 Å². The van der Waals surface area contributed by atoms with E-state index >= 15 is 0 Å². The lowest BCUT2D eigenvalue weighted by atomic mass is 10.1. The third kappa shape index (κ3) is 3.57. The number of benzene rings is 2. The first-order chi connectivity index (χ1) is 11.8. The Morgan fingerprint density at radius 1 is 1.24 bits per heavy atom. The molecule has 1 amide bonds. The highest BCUT2D eigenvalue weighted by Gasteiger charge is 2.26. The van der Waals surface area contributed by atoms with Gasteiger partial charge in [0.2, 0.25) is 10.0 Å². The molecule has 0 saturated carbocycles. The van der Waals surface area contributed by atoms with Crippen LogP contribution in [0.1, 0.15) is 15.9 Å². The largest absolute Gasteiger partial charge is 0.495 e. The molecule has 0 spiro atoms. The number of halogens is 1. The minimum absolute atomic E-state index is 0.290. The van der Waals surface area contributed by atoms with Gasteiger partial charge in [-0.3, -0.25) is 9.10 Å². The van der Waals surface area contributed by atoms with Crippen molar-refractivity contribution >= 4 is 38.9 Å². The van der Waals surface area contributed by atoms with E-state index in [4.69, 9.17) is 16.3 Å². The number of fused-ring (bicyclic) bond motifs is 1. The maximum atomic E-state index is 12.4. The van der Waals surface area contributed by atoms with Gasteiger partial charge >= 0.3 is 0 Å².